The van der Waals surface area contributed by atoms with Crippen LogP contribution in [0.5, 0.6) is 0 Å². The summed E-state index contributed by atoms with van der Waals surface area (Å²) in [5.74, 6) is 0. The van der Waals surface area contributed by atoms with Gasteiger partial charge in [0.05, 0.1) is 27.7 Å². The first-order valence-electron chi connectivity index (χ1n) is 11.2. The molecule has 1 N–H and O–H groups in total. The minimum atomic E-state index is 1.06. The standard InChI is InChI=1S/C23H49N2/c1-5-6-7-8-9-10-11-12-13-14-15-16-17-18-19-20-21-24-22-23-25(2,3)4/h12-13,24H,5-11,14-23H2,1-4H3/q+1/b13-12-. The van der Waals surface area contributed by atoms with Gasteiger partial charge in [-0.1, -0.05) is 76.9 Å². The summed E-state index contributed by atoms with van der Waals surface area (Å²) in [5.41, 5.74) is 0. The lowest BCUT2D eigenvalue weighted by molar-refractivity contribution is -0.869. The quantitative estimate of drug-likeness (QED) is 0.163. The van der Waals surface area contributed by atoms with Gasteiger partial charge in [-0.15, -0.1) is 0 Å². The van der Waals surface area contributed by atoms with Gasteiger partial charge in [-0.05, 0) is 38.6 Å². The number of rotatable bonds is 19. The van der Waals surface area contributed by atoms with Crippen molar-refractivity contribution in [2.24, 2.45) is 0 Å². The second kappa shape index (κ2) is 18.5. The van der Waals surface area contributed by atoms with E-state index in [1.165, 1.54) is 103 Å². The Morgan fingerprint density at radius 3 is 1.60 bits per heavy atom. The van der Waals surface area contributed by atoms with E-state index in [1.54, 1.807) is 0 Å². The molecule has 2 heteroatoms. The van der Waals surface area contributed by atoms with Gasteiger partial charge >= 0.3 is 0 Å². The molecule has 0 aromatic rings. The van der Waals surface area contributed by atoms with Gasteiger partial charge in [0.15, 0.2) is 0 Å². The van der Waals surface area contributed by atoms with Gasteiger partial charge in [0.25, 0.3) is 0 Å². The molecule has 0 atom stereocenters. The van der Waals surface area contributed by atoms with Crippen LogP contribution < -0.4 is 5.32 Å². The fourth-order valence-electron chi connectivity index (χ4n) is 3.04. The predicted octanol–water partition coefficient (Wildman–Crippen LogP) is 6.32. The molecule has 0 aliphatic heterocycles. The van der Waals surface area contributed by atoms with Crippen molar-refractivity contribution >= 4 is 0 Å². The van der Waals surface area contributed by atoms with Gasteiger partial charge in [0.2, 0.25) is 0 Å². The molecule has 0 aliphatic rings. The number of quaternary nitrogens is 1. The van der Waals surface area contributed by atoms with Crippen molar-refractivity contribution in [2.45, 2.75) is 96.8 Å². The molecule has 2 nitrogen and oxygen atoms in total. The van der Waals surface area contributed by atoms with E-state index in [0.717, 1.165) is 11.0 Å². The minimum Gasteiger partial charge on any atom is -0.330 e. The number of allylic oxidation sites excluding steroid dienone is 2. The maximum absolute atomic E-state index is 3.57. The van der Waals surface area contributed by atoms with Crippen LogP contribution in [-0.4, -0.2) is 45.3 Å². The van der Waals surface area contributed by atoms with Crippen LogP contribution in [0.1, 0.15) is 96.8 Å². The number of nitrogens with one attached hydrogen (secondary N) is 1. The number of hydrogen-bond donors (Lipinski definition) is 1. The molecule has 150 valence electrons. The normalized spacial score (nSPS) is 12.3. The molecule has 0 heterocycles. The van der Waals surface area contributed by atoms with Crippen LogP contribution in [0.2, 0.25) is 0 Å². The van der Waals surface area contributed by atoms with Gasteiger partial charge in [-0.25, -0.2) is 0 Å². The van der Waals surface area contributed by atoms with Crippen molar-refractivity contribution in [3.05, 3.63) is 12.2 Å². The van der Waals surface area contributed by atoms with E-state index in [9.17, 15) is 0 Å². The van der Waals surface area contributed by atoms with Gasteiger partial charge in [-0.2, -0.15) is 0 Å². The highest BCUT2D eigenvalue weighted by atomic mass is 15.3. The average molecular weight is 354 g/mol. The molecule has 25 heavy (non-hydrogen) atoms. The van der Waals surface area contributed by atoms with Crippen molar-refractivity contribution in [2.75, 3.05) is 40.8 Å². The van der Waals surface area contributed by atoms with E-state index in [-0.39, 0.29) is 0 Å². The Kier molecular flexibility index (Phi) is 18.2. The van der Waals surface area contributed by atoms with Gasteiger partial charge in [0.1, 0.15) is 0 Å². The molecule has 0 amide bonds. The summed E-state index contributed by atoms with van der Waals surface area (Å²) >= 11 is 0. The summed E-state index contributed by atoms with van der Waals surface area (Å²) in [6.45, 7) is 5.84. The van der Waals surface area contributed by atoms with Crippen LogP contribution in [0, 0.1) is 0 Å². The third-order valence-corrected chi connectivity index (χ3v) is 4.82. The van der Waals surface area contributed by atoms with Crippen molar-refractivity contribution < 1.29 is 4.48 Å². The third kappa shape index (κ3) is 23.7. The SMILES string of the molecule is CCCCCCCC/C=C\CCCCCCCCNCC[N+](C)(C)C. The Morgan fingerprint density at radius 2 is 1.08 bits per heavy atom. The van der Waals surface area contributed by atoms with Crippen LogP contribution in [-0.2, 0) is 0 Å². The molecule has 0 radical (unpaired) electrons. The molecule has 0 fully saturated rings. The van der Waals surface area contributed by atoms with E-state index in [0.29, 0.717) is 0 Å². The van der Waals surface area contributed by atoms with Crippen LogP contribution in [0.4, 0.5) is 0 Å². The number of likely N-dealkylation sites (N-methyl/N-ethyl adjacent to an activating group) is 1. The largest absolute Gasteiger partial charge is 0.330 e. The summed E-state index contributed by atoms with van der Waals surface area (Å²) in [6.07, 6.45) is 24.3. The van der Waals surface area contributed by atoms with Gasteiger partial charge < -0.3 is 9.80 Å². The smallest absolute Gasteiger partial charge is 0.0907 e. The Morgan fingerprint density at radius 1 is 0.600 bits per heavy atom. The number of unbranched alkanes of at least 4 members (excludes halogenated alkanes) is 12. The molecule has 0 aliphatic carbocycles. The Bertz CT molecular complexity index is 278. The summed E-state index contributed by atoms with van der Waals surface area (Å²) in [5, 5.41) is 3.57. The first kappa shape index (κ1) is 24.7. The highest BCUT2D eigenvalue weighted by Crippen LogP contribution is 2.09. The van der Waals surface area contributed by atoms with E-state index in [4.69, 9.17) is 0 Å². The Labute approximate surface area is 160 Å². The van der Waals surface area contributed by atoms with Crippen molar-refractivity contribution in [1.82, 2.24) is 5.32 Å². The van der Waals surface area contributed by atoms with E-state index in [2.05, 4.69) is 45.5 Å². The minimum absolute atomic E-state index is 1.06. The van der Waals surface area contributed by atoms with Crippen molar-refractivity contribution in [3.8, 4) is 0 Å². The summed E-state index contributed by atoms with van der Waals surface area (Å²) in [4.78, 5) is 0. The second-order valence-electron chi connectivity index (χ2n) is 8.70. The van der Waals surface area contributed by atoms with Crippen LogP contribution >= 0.6 is 0 Å². The highest BCUT2D eigenvalue weighted by molar-refractivity contribution is 4.81. The molecular weight excluding hydrogens is 304 g/mol. The molecule has 0 rings (SSSR count). The molecule has 0 bridgehead atoms. The first-order chi connectivity index (χ1) is 12.1. The maximum atomic E-state index is 3.57. The molecule has 0 spiro atoms. The maximum Gasteiger partial charge on any atom is 0.0907 e. The zero-order valence-electron chi connectivity index (χ0n) is 18.1. The zero-order valence-corrected chi connectivity index (χ0v) is 18.1. The topological polar surface area (TPSA) is 12.0 Å². The summed E-state index contributed by atoms with van der Waals surface area (Å²) in [6, 6.07) is 0. The summed E-state index contributed by atoms with van der Waals surface area (Å²) in [7, 11) is 6.77. The van der Waals surface area contributed by atoms with Gasteiger partial charge in [0, 0.05) is 6.54 Å². The van der Waals surface area contributed by atoms with Crippen LogP contribution in [0.15, 0.2) is 12.2 Å². The number of nitrogens with zero attached hydrogens (tertiary/aromatic N) is 1. The third-order valence-electron chi connectivity index (χ3n) is 4.82. The molecule has 0 aromatic carbocycles. The van der Waals surface area contributed by atoms with E-state index in [1.807, 2.05) is 0 Å². The zero-order chi connectivity index (χ0) is 18.6. The van der Waals surface area contributed by atoms with E-state index < -0.39 is 0 Å². The lowest BCUT2D eigenvalue weighted by atomic mass is 10.1. The fraction of sp³-hybridized carbons (Fsp3) is 0.913. The van der Waals surface area contributed by atoms with Crippen LogP contribution in [0.25, 0.3) is 0 Å². The van der Waals surface area contributed by atoms with Crippen molar-refractivity contribution in [1.29, 1.82) is 0 Å². The highest BCUT2D eigenvalue weighted by Gasteiger charge is 2.04. The monoisotopic (exact) mass is 353 g/mol. The Balaban J connectivity index is 3.10. The summed E-state index contributed by atoms with van der Waals surface area (Å²) < 4.78 is 1.06. The first-order valence-corrected chi connectivity index (χ1v) is 11.2. The molecular formula is C23H49N2+. The second-order valence-corrected chi connectivity index (χ2v) is 8.70. The van der Waals surface area contributed by atoms with E-state index >= 15 is 0 Å². The lowest BCUT2D eigenvalue weighted by Crippen LogP contribution is -2.40. The average Bonchev–Trinajstić information content (AvgIpc) is 2.56. The van der Waals surface area contributed by atoms with Gasteiger partial charge in [-0.3, -0.25) is 0 Å². The molecule has 0 saturated heterocycles. The Hall–Kier alpha value is -0.340. The van der Waals surface area contributed by atoms with Crippen molar-refractivity contribution in [3.63, 3.8) is 0 Å². The van der Waals surface area contributed by atoms with Crippen LogP contribution in [0.3, 0.4) is 0 Å². The molecule has 0 unspecified atom stereocenters. The fourth-order valence-corrected chi connectivity index (χ4v) is 3.04. The predicted molar refractivity (Wildman–Crippen MR) is 115 cm³/mol. The molecule has 0 saturated carbocycles. The lowest BCUT2D eigenvalue weighted by Gasteiger charge is -2.23. The molecule has 0 aromatic heterocycles. The number of hydrogen-bond acceptors (Lipinski definition) is 1.